The number of nitro benzene ring substituents is 2. The number of carboxylic acid groups (broad SMARTS) is 1. The van der Waals surface area contributed by atoms with Crippen molar-refractivity contribution in [3.63, 3.8) is 0 Å². The normalized spacial score (nSPS) is 10.7. The molecule has 0 saturated heterocycles. The van der Waals surface area contributed by atoms with Crippen molar-refractivity contribution in [3.05, 3.63) is 62.2 Å². The first-order valence-electron chi connectivity index (χ1n) is 8.04. The zero-order valence-electron chi connectivity index (χ0n) is 16.0. The van der Waals surface area contributed by atoms with E-state index in [4.69, 9.17) is 4.74 Å². The van der Waals surface area contributed by atoms with Crippen LogP contribution in [0.3, 0.4) is 0 Å². The van der Waals surface area contributed by atoms with Gasteiger partial charge in [-0.1, -0.05) is 27.0 Å². The Morgan fingerprint density at radius 3 is 1.93 bits per heavy atom. The number of non-ortho nitro benzene ring substituents is 1. The van der Waals surface area contributed by atoms with Gasteiger partial charge in [-0.15, -0.1) is 0 Å². The number of carbonyl (C=O) groups excluding carboxylic acids is 2. The lowest BCUT2D eigenvalue weighted by Crippen LogP contribution is -2.22. The summed E-state index contributed by atoms with van der Waals surface area (Å²) in [5, 5.41) is 31.6. The van der Waals surface area contributed by atoms with Gasteiger partial charge in [-0.3, -0.25) is 20.2 Å². The van der Waals surface area contributed by atoms with E-state index in [2.05, 4.69) is 13.2 Å². The van der Waals surface area contributed by atoms with Gasteiger partial charge in [0, 0.05) is 17.2 Å². The number of aliphatic carboxylic acids is 1. The van der Waals surface area contributed by atoms with Crippen molar-refractivity contribution < 1.29 is 29.3 Å². The Labute approximate surface area is 161 Å². The monoisotopic (exact) mass is 393 g/mol. The van der Waals surface area contributed by atoms with Crippen LogP contribution in [0.1, 0.15) is 45.6 Å². The lowest BCUT2D eigenvalue weighted by atomic mass is 9.96. The van der Waals surface area contributed by atoms with E-state index >= 15 is 0 Å². The highest BCUT2D eigenvalue weighted by Crippen LogP contribution is 2.40. The lowest BCUT2D eigenvalue weighted by molar-refractivity contribution is -0.394. The number of carbonyl (C=O) groups is 2. The standard InChI is InChI=1S/C14H16N2O6.C4H6O2/c1-5-9(4)11-6-10(15(18)19)7-12(16(20)21)13(11)22-14(17)8(2)3;1-3(2)4(5)6/h6-7,9H,2,5H2,1,3-4H3;1H2,2H3,(H,5,6)/p-1. The summed E-state index contributed by atoms with van der Waals surface area (Å²) >= 11 is 0. The molecule has 0 aliphatic carbocycles. The molecule has 0 bridgehead atoms. The van der Waals surface area contributed by atoms with Crippen LogP contribution in [0.15, 0.2) is 36.4 Å². The minimum Gasteiger partial charge on any atom is -0.545 e. The maximum atomic E-state index is 11.7. The van der Waals surface area contributed by atoms with E-state index in [0.29, 0.717) is 6.42 Å². The van der Waals surface area contributed by atoms with Crippen LogP contribution >= 0.6 is 0 Å². The first kappa shape index (κ1) is 24.4. The first-order valence-corrected chi connectivity index (χ1v) is 8.04. The number of nitrogens with zero attached hydrogens (tertiary/aromatic N) is 2. The fourth-order valence-corrected chi connectivity index (χ4v) is 1.74. The molecule has 28 heavy (non-hydrogen) atoms. The molecule has 0 aromatic heterocycles. The van der Waals surface area contributed by atoms with Crippen LogP contribution in [-0.4, -0.2) is 21.8 Å². The fourth-order valence-electron chi connectivity index (χ4n) is 1.74. The summed E-state index contributed by atoms with van der Waals surface area (Å²) in [4.78, 5) is 41.8. The Hall–Kier alpha value is -3.56. The van der Waals surface area contributed by atoms with Crippen LogP contribution in [0, 0.1) is 20.2 Å². The van der Waals surface area contributed by atoms with Crippen LogP contribution in [0.25, 0.3) is 0 Å². The van der Waals surface area contributed by atoms with Gasteiger partial charge in [0.05, 0.1) is 21.9 Å². The maximum Gasteiger partial charge on any atom is 0.338 e. The topological polar surface area (TPSA) is 153 Å². The largest absolute Gasteiger partial charge is 0.545 e. The molecule has 0 aliphatic heterocycles. The second kappa shape index (κ2) is 10.6. The van der Waals surface area contributed by atoms with Gasteiger partial charge < -0.3 is 14.6 Å². The number of benzene rings is 1. The highest BCUT2D eigenvalue weighted by Gasteiger charge is 2.29. The zero-order chi connectivity index (χ0) is 22.2. The van der Waals surface area contributed by atoms with Gasteiger partial charge in [-0.05, 0) is 31.8 Å². The van der Waals surface area contributed by atoms with Crippen molar-refractivity contribution >= 4 is 23.3 Å². The molecule has 0 aliphatic rings. The number of carboxylic acids is 1. The highest BCUT2D eigenvalue weighted by atomic mass is 16.6. The Morgan fingerprint density at radius 1 is 1.11 bits per heavy atom. The summed E-state index contributed by atoms with van der Waals surface area (Å²) < 4.78 is 5.05. The molecule has 1 aromatic carbocycles. The molecule has 0 heterocycles. The Balaban J connectivity index is 0.00000105. The number of hydrogen-bond acceptors (Lipinski definition) is 8. The highest BCUT2D eigenvalue weighted by molar-refractivity contribution is 5.89. The SMILES string of the molecule is C=C(C)C(=O)Oc1c(C(C)CC)cc([N+](=O)[O-])cc1[N+](=O)[O-].C=C(C)C(=O)[O-]. The molecule has 0 fully saturated rings. The van der Waals surface area contributed by atoms with Gasteiger partial charge in [0.1, 0.15) is 0 Å². The van der Waals surface area contributed by atoms with Crippen LogP contribution in [0.5, 0.6) is 5.75 Å². The van der Waals surface area contributed by atoms with Crippen molar-refractivity contribution in [2.24, 2.45) is 0 Å². The maximum absolute atomic E-state index is 11.7. The Bertz CT molecular complexity index is 817. The minimum atomic E-state index is -1.19. The van der Waals surface area contributed by atoms with E-state index in [-0.39, 0.29) is 28.4 Å². The molecule has 1 aromatic rings. The fraction of sp³-hybridized carbons (Fsp3) is 0.333. The summed E-state index contributed by atoms with van der Waals surface area (Å²) in [7, 11) is 0. The Morgan fingerprint density at radius 2 is 1.61 bits per heavy atom. The summed E-state index contributed by atoms with van der Waals surface area (Å²) in [5.41, 5.74) is -0.646. The third-order valence-corrected chi connectivity index (χ3v) is 3.53. The zero-order valence-corrected chi connectivity index (χ0v) is 16.0. The van der Waals surface area contributed by atoms with Crippen LogP contribution in [-0.2, 0) is 9.59 Å². The van der Waals surface area contributed by atoms with Gasteiger partial charge in [-0.25, -0.2) is 4.79 Å². The van der Waals surface area contributed by atoms with E-state index in [1.165, 1.54) is 19.9 Å². The van der Waals surface area contributed by atoms with Crippen molar-refractivity contribution in [3.8, 4) is 5.75 Å². The summed E-state index contributed by atoms with van der Waals surface area (Å²) in [5.74, 6) is -2.53. The summed E-state index contributed by atoms with van der Waals surface area (Å²) in [6.07, 6.45) is 0.565. The van der Waals surface area contributed by atoms with E-state index in [1.54, 1.807) is 6.92 Å². The van der Waals surface area contributed by atoms with Gasteiger partial charge in [0.2, 0.25) is 5.75 Å². The van der Waals surface area contributed by atoms with Crippen molar-refractivity contribution in [1.29, 1.82) is 0 Å². The molecular weight excluding hydrogens is 372 g/mol. The van der Waals surface area contributed by atoms with Gasteiger partial charge in [-0.2, -0.15) is 0 Å². The quantitative estimate of drug-likeness (QED) is 0.225. The predicted octanol–water partition coefficient (Wildman–Crippen LogP) is 2.81. The second-order valence-corrected chi connectivity index (χ2v) is 5.94. The van der Waals surface area contributed by atoms with E-state index in [1.807, 2.05) is 6.92 Å². The van der Waals surface area contributed by atoms with Crippen LogP contribution in [0.4, 0.5) is 11.4 Å². The molecule has 1 atom stereocenters. The van der Waals surface area contributed by atoms with Crippen LogP contribution in [0.2, 0.25) is 0 Å². The second-order valence-electron chi connectivity index (χ2n) is 5.94. The van der Waals surface area contributed by atoms with E-state index < -0.39 is 33.2 Å². The van der Waals surface area contributed by atoms with E-state index in [0.717, 1.165) is 6.07 Å². The van der Waals surface area contributed by atoms with Crippen molar-refractivity contribution in [2.45, 2.75) is 40.0 Å². The third-order valence-electron chi connectivity index (χ3n) is 3.53. The molecule has 10 heteroatoms. The first-order chi connectivity index (χ1) is 12.8. The third kappa shape index (κ3) is 6.98. The summed E-state index contributed by atoms with van der Waals surface area (Å²) in [6, 6.07) is 1.98. The number of esters is 1. The lowest BCUT2D eigenvalue weighted by Gasteiger charge is -2.14. The van der Waals surface area contributed by atoms with Gasteiger partial charge in [0.15, 0.2) is 0 Å². The predicted molar refractivity (Wildman–Crippen MR) is 98.7 cm³/mol. The van der Waals surface area contributed by atoms with Gasteiger partial charge >= 0.3 is 11.7 Å². The summed E-state index contributed by atoms with van der Waals surface area (Å²) in [6.45, 7) is 12.9. The molecule has 1 unspecified atom stereocenters. The number of rotatable bonds is 7. The van der Waals surface area contributed by atoms with Crippen molar-refractivity contribution in [2.75, 3.05) is 0 Å². The van der Waals surface area contributed by atoms with Crippen LogP contribution < -0.4 is 9.84 Å². The molecule has 0 saturated carbocycles. The number of hydrogen-bond donors (Lipinski definition) is 0. The average molecular weight is 393 g/mol. The van der Waals surface area contributed by atoms with Gasteiger partial charge in [0.25, 0.3) is 5.69 Å². The van der Waals surface area contributed by atoms with E-state index in [9.17, 15) is 34.9 Å². The van der Waals surface area contributed by atoms with Crippen molar-refractivity contribution in [1.82, 2.24) is 0 Å². The molecule has 10 nitrogen and oxygen atoms in total. The molecular formula is C18H21N2O8-. The minimum absolute atomic E-state index is 0.0648. The number of ether oxygens (including phenoxy) is 1. The average Bonchev–Trinajstić information content (AvgIpc) is 2.60. The Kier molecular flexibility index (Phi) is 9.21. The molecule has 0 amide bonds. The smallest absolute Gasteiger partial charge is 0.338 e. The molecule has 0 spiro atoms. The molecule has 1 rings (SSSR count). The number of nitro groups is 2. The molecule has 152 valence electrons. The molecule has 0 radical (unpaired) electrons. The molecule has 0 N–H and O–H groups in total.